The summed E-state index contributed by atoms with van der Waals surface area (Å²) in [5.74, 6) is 1.52. The molecule has 2 N–H and O–H groups in total. The molecule has 5 aromatic rings. The molecule has 3 aromatic carbocycles. The number of hydrogen-bond acceptors (Lipinski definition) is 5. The van der Waals surface area contributed by atoms with Crippen LogP contribution in [0.5, 0.6) is 5.75 Å². The molecule has 0 aliphatic rings. The van der Waals surface area contributed by atoms with Gasteiger partial charge in [-0.05, 0) is 41.5 Å². The van der Waals surface area contributed by atoms with E-state index in [2.05, 4.69) is 46.7 Å². The molecule has 0 unspecified atom stereocenters. The number of rotatable bonds is 7. The second kappa shape index (κ2) is 9.26. The largest absolute Gasteiger partial charge is 0.488 e. The van der Waals surface area contributed by atoms with Gasteiger partial charge < -0.3 is 10.5 Å². The topological polar surface area (TPSA) is 65.4 Å². The Morgan fingerprint density at radius 1 is 0.812 bits per heavy atom. The maximum Gasteiger partial charge on any atom is 0.172 e. The van der Waals surface area contributed by atoms with Crippen LogP contribution < -0.4 is 10.5 Å². The summed E-state index contributed by atoms with van der Waals surface area (Å²) in [5, 5.41) is 8.83. The third kappa shape index (κ3) is 4.23. The second-order valence-electron chi connectivity index (χ2n) is 7.30. The minimum absolute atomic E-state index is 0.492. The van der Waals surface area contributed by atoms with Crippen molar-refractivity contribution in [3.05, 3.63) is 108 Å². The van der Waals surface area contributed by atoms with Crippen LogP contribution in [-0.2, 0) is 13.2 Å². The molecule has 0 aliphatic heterocycles. The highest BCUT2D eigenvalue weighted by Crippen LogP contribution is 2.33. The quantitative estimate of drug-likeness (QED) is 0.359. The third-order valence-corrected chi connectivity index (χ3v) is 6.26. The molecule has 6 heteroatoms. The van der Waals surface area contributed by atoms with Gasteiger partial charge in [-0.15, -0.1) is 10.2 Å². The fourth-order valence-corrected chi connectivity index (χ4v) is 4.50. The molecule has 158 valence electrons. The van der Waals surface area contributed by atoms with E-state index < -0.39 is 0 Å². The molecule has 0 radical (unpaired) electrons. The lowest BCUT2D eigenvalue weighted by Gasteiger charge is -2.11. The molecule has 2 heterocycles. The Balaban J connectivity index is 1.48. The average Bonchev–Trinajstić information content (AvgIpc) is 3.27. The van der Waals surface area contributed by atoms with Crippen molar-refractivity contribution in [3.63, 3.8) is 0 Å². The highest BCUT2D eigenvalue weighted by molar-refractivity contribution is 7.99. The number of nitrogens with two attached hydrogens (primary N) is 1. The molecule has 0 bridgehead atoms. The molecule has 0 saturated heterocycles. The van der Waals surface area contributed by atoms with Crippen molar-refractivity contribution >= 4 is 17.4 Å². The highest BCUT2D eigenvalue weighted by Gasteiger charge is 2.14. The molecule has 5 rings (SSSR count). The summed E-state index contributed by atoms with van der Waals surface area (Å²) < 4.78 is 8.16. The van der Waals surface area contributed by atoms with Gasteiger partial charge in [0.25, 0.3) is 0 Å². The zero-order valence-corrected chi connectivity index (χ0v) is 18.2. The van der Waals surface area contributed by atoms with E-state index in [0.29, 0.717) is 13.2 Å². The maximum atomic E-state index is 6.15. The lowest BCUT2D eigenvalue weighted by atomic mass is 10.2. The predicted octanol–water partition coefficient (Wildman–Crippen LogP) is 5.59. The number of ether oxygens (including phenoxy) is 1. The Hall–Kier alpha value is -3.61. The molecule has 0 spiro atoms. The molecule has 0 fully saturated rings. The summed E-state index contributed by atoms with van der Waals surface area (Å²) in [7, 11) is 0. The van der Waals surface area contributed by atoms with Gasteiger partial charge in [0.15, 0.2) is 11.5 Å². The number of pyridine rings is 1. The smallest absolute Gasteiger partial charge is 0.172 e. The molecule has 5 nitrogen and oxygen atoms in total. The lowest BCUT2D eigenvalue weighted by molar-refractivity contribution is 0.307. The van der Waals surface area contributed by atoms with Gasteiger partial charge in [-0.25, -0.2) is 0 Å². The van der Waals surface area contributed by atoms with Crippen LogP contribution in [0.4, 0.5) is 0 Å². The van der Waals surface area contributed by atoms with Gasteiger partial charge in [-0.2, -0.15) is 0 Å². The van der Waals surface area contributed by atoms with Crippen LogP contribution in [-0.4, -0.2) is 14.6 Å². The summed E-state index contributed by atoms with van der Waals surface area (Å²) in [4.78, 5) is 2.23. The Kier molecular flexibility index (Phi) is 5.87. The monoisotopic (exact) mass is 438 g/mol. The number of aromatic nitrogens is 3. The summed E-state index contributed by atoms with van der Waals surface area (Å²) in [5.41, 5.74) is 9.85. The van der Waals surface area contributed by atoms with E-state index >= 15 is 0 Å². The standard InChI is InChI=1S/C26H22N4OS/c27-16-20-10-4-7-13-24(20)32-21-14-15-25-28-29-26(30(25)17-21)22-11-5-6-12-23(22)31-18-19-8-2-1-3-9-19/h1-15,17H,16,18,27H2. The van der Waals surface area contributed by atoms with Crippen LogP contribution in [0.2, 0.25) is 0 Å². The van der Waals surface area contributed by atoms with Gasteiger partial charge in [0, 0.05) is 22.5 Å². The molecule has 0 amide bonds. The summed E-state index contributed by atoms with van der Waals surface area (Å²) in [6.45, 7) is 1.00. The number of fused-ring (bicyclic) bond motifs is 1. The number of nitrogens with zero attached hydrogens (tertiary/aromatic N) is 3. The highest BCUT2D eigenvalue weighted by atomic mass is 32.2. The molecule has 2 aromatic heterocycles. The van der Waals surface area contributed by atoms with Crippen LogP contribution in [0, 0.1) is 0 Å². The molecule has 0 saturated carbocycles. The van der Waals surface area contributed by atoms with Crippen molar-refractivity contribution in [2.45, 2.75) is 22.9 Å². The van der Waals surface area contributed by atoms with E-state index in [0.717, 1.165) is 43.7 Å². The first-order valence-electron chi connectivity index (χ1n) is 10.4. The van der Waals surface area contributed by atoms with Gasteiger partial charge in [0.05, 0.1) is 5.56 Å². The van der Waals surface area contributed by atoms with Gasteiger partial charge >= 0.3 is 0 Å². The van der Waals surface area contributed by atoms with Crippen LogP contribution in [0.1, 0.15) is 11.1 Å². The van der Waals surface area contributed by atoms with Crippen molar-refractivity contribution in [2.24, 2.45) is 5.73 Å². The fourth-order valence-electron chi connectivity index (χ4n) is 3.53. The minimum Gasteiger partial charge on any atom is -0.488 e. The van der Waals surface area contributed by atoms with Crippen LogP contribution >= 0.6 is 11.8 Å². The van der Waals surface area contributed by atoms with E-state index in [1.807, 2.05) is 65.1 Å². The van der Waals surface area contributed by atoms with Gasteiger partial charge in [0.1, 0.15) is 12.4 Å². The Morgan fingerprint density at radius 3 is 2.47 bits per heavy atom. The van der Waals surface area contributed by atoms with Crippen molar-refractivity contribution in [1.82, 2.24) is 14.6 Å². The van der Waals surface area contributed by atoms with Crippen LogP contribution in [0.15, 0.2) is 107 Å². The Labute approximate surface area is 190 Å². The summed E-state index contributed by atoms with van der Waals surface area (Å²) in [6.07, 6.45) is 2.07. The van der Waals surface area contributed by atoms with Gasteiger partial charge in [-0.3, -0.25) is 4.40 Å². The zero-order valence-electron chi connectivity index (χ0n) is 17.4. The molecular weight excluding hydrogens is 416 g/mol. The van der Waals surface area contributed by atoms with Crippen molar-refractivity contribution in [2.75, 3.05) is 0 Å². The summed E-state index contributed by atoms with van der Waals surface area (Å²) >= 11 is 1.69. The molecular formula is C26H22N4OS. The van der Waals surface area contributed by atoms with E-state index in [1.165, 1.54) is 0 Å². The minimum atomic E-state index is 0.492. The first-order chi connectivity index (χ1) is 15.8. The van der Waals surface area contributed by atoms with Crippen molar-refractivity contribution < 1.29 is 4.74 Å². The normalized spacial score (nSPS) is 11.0. The fraction of sp³-hybridized carbons (Fsp3) is 0.0769. The van der Waals surface area contributed by atoms with Crippen LogP contribution in [0.25, 0.3) is 17.0 Å². The maximum absolute atomic E-state index is 6.15. The van der Waals surface area contributed by atoms with Gasteiger partial charge in [0.2, 0.25) is 0 Å². The first kappa shape index (κ1) is 20.3. The molecule has 0 aliphatic carbocycles. The van der Waals surface area contributed by atoms with E-state index in [4.69, 9.17) is 10.5 Å². The average molecular weight is 439 g/mol. The molecule has 0 atom stereocenters. The number of para-hydroxylation sites is 1. The van der Waals surface area contributed by atoms with E-state index in [1.54, 1.807) is 11.8 Å². The number of hydrogen-bond donors (Lipinski definition) is 1. The Morgan fingerprint density at radius 2 is 1.59 bits per heavy atom. The summed E-state index contributed by atoms with van der Waals surface area (Å²) in [6, 6.07) is 30.3. The SMILES string of the molecule is NCc1ccccc1Sc1ccc2nnc(-c3ccccc3OCc3ccccc3)n2c1. The predicted molar refractivity (Wildman–Crippen MR) is 128 cm³/mol. The lowest BCUT2D eigenvalue weighted by Crippen LogP contribution is -1.99. The first-order valence-corrected chi connectivity index (χ1v) is 11.2. The van der Waals surface area contributed by atoms with Gasteiger partial charge in [-0.1, -0.05) is 72.4 Å². The van der Waals surface area contributed by atoms with E-state index in [-0.39, 0.29) is 0 Å². The van der Waals surface area contributed by atoms with Crippen LogP contribution in [0.3, 0.4) is 0 Å². The third-order valence-electron chi connectivity index (χ3n) is 5.16. The number of benzene rings is 3. The zero-order chi connectivity index (χ0) is 21.8. The molecule has 32 heavy (non-hydrogen) atoms. The van der Waals surface area contributed by atoms with E-state index in [9.17, 15) is 0 Å². The van der Waals surface area contributed by atoms with Crippen molar-refractivity contribution in [3.8, 4) is 17.1 Å². The Bertz CT molecular complexity index is 1350. The van der Waals surface area contributed by atoms with Crippen molar-refractivity contribution in [1.29, 1.82) is 0 Å². The second-order valence-corrected chi connectivity index (χ2v) is 8.42.